The normalized spacial score (nSPS) is 14.6. The second-order valence-electron chi connectivity index (χ2n) is 6.67. The lowest BCUT2D eigenvalue weighted by atomic mass is 10.1. The van der Waals surface area contributed by atoms with E-state index in [1.165, 1.54) is 24.0 Å². The van der Waals surface area contributed by atoms with Gasteiger partial charge in [0.25, 0.3) is 0 Å². The van der Waals surface area contributed by atoms with Gasteiger partial charge < -0.3 is 4.42 Å². The van der Waals surface area contributed by atoms with Crippen LogP contribution in [0.3, 0.4) is 0 Å². The first-order valence-electron chi connectivity index (χ1n) is 8.59. The lowest BCUT2D eigenvalue weighted by Crippen LogP contribution is -2.31. The third-order valence-corrected chi connectivity index (χ3v) is 4.75. The molecule has 1 fully saturated rings. The fourth-order valence-corrected chi connectivity index (χ4v) is 3.21. The lowest BCUT2D eigenvalue weighted by molar-refractivity contribution is 0.242. The number of oxazole rings is 1. The van der Waals surface area contributed by atoms with Gasteiger partial charge in [0.05, 0.1) is 5.52 Å². The van der Waals surface area contributed by atoms with Gasteiger partial charge in [-0.2, -0.15) is 0 Å². The quantitative estimate of drug-likeness (QED) is 0.696. The van der Waals surface area contributed by atoms with E-state index in [1.807, 2.05) is 24.3 Å². The molecule has 0 atom stereocenters. The van der Waals surface area contributed by atoms with Gasteiger partial charge in [-0.05, 0) is 37.5 Å². The Hall–Kier alpha value is -2.33. The summed E-state index contributed by atoms with van der Waals surface area (Å²) >= 11 is 0. The Bertz CT molecular complexity index is 888. The molecule has 0 radical (unpaired) electrons. The van der Waals surface area contributed by atoms with Crippen LogP contribution in [0.1, 0.15) is 24.0 Å². The summed E-state index contributed by atoms with van der Waals surface area (Å²) in [6.45, 7) is 4.58. The number of hydrogen-bond donors (Lipinski definition) is 0. The molecule has 1 aliphatic rings. The molecule has 2 aromatic carbocycles. The first-order valence-corrected chi connectivity index (χ1v) is 8.59. The van der Waals surface area contributed by atoms with Gasteiger partial charge in [-0.1, -0.05) is 42.0 Å². The highest BCUT2D eigenvalue weighted by atomic mass is 16.4. The Morgan fingerprint density at radius 2 is 1.88 bits per heavy atom. The molecular formula is C20H22N2O2. The van der Waals surface area contributed by atoms with Crippen LogP contribution >= 0.6 is 0 Å². The van der Waals surface area contributed by atoms with Crippen LogP contribution in [0.2, 0.25) is 0 Å². The minimum atomic E-state index is -0.262. The molecule has 0 amide bonds. The Morgan fingerprint density at radius 3 is 2.62 bits per heavy atom. The topological polar surface area (TPSA) is 38.4 Å². The van der Waals surface area contributed by atoms with Crippen LogP contribution in [0.25, 0.3) is 11.1 Å². The van der Waals surface area contributed by atoms with E-state index in [4.69, 9.17) is 4.42 Å². The minimum absolute atomic E-state index is 0.262. The van der Waals surface area contributed by atoms with E-state index in [0.29, 0.717) is 18.2 Å². The molecular weight excluding hydrogens is 300 g/mol. The zero-order valence-corrected chi connectivity index (χ0v) is 13.9. The lowest BCUT2D eigenvalue weighted by Gasteiger charge is -2.22. The SMILES string of the molecule is Cc1ccc(CN(CCn2c(=O)oc3ccccc32)C2CC2)cc1. The summed E-state index contributed by atoms with van der Waals surface area (Å²) in [5.74, 6) is -0.262. The fourth-order valence-electron chi connectivity index (χ4n) is 3.21. The van der Waals surface area contributed by atoms with Gasteiger partial charge in [-0.25, -0.2) is 4.79 Å². The molecule has 0 saturated heterocycles. The van der Waals surface area contributed by atoms with Gasteiger partial charge >= 0.3 is 5.76 Å². The fraction of sp³-hybridized carbons (Fsp3) is 0.350. The third kappa shape index (κ3) is 3.15. The van der Waals surface area contributed by atoms with Crippen LogP contribution in [-0.4, -0.2) is 22.1 Å². The standard InChI is InChI=1S/C20H22N2O2/c1-15-6-8-16(9-7-15)14-21(17-10-11-17)12-13-22-18-4-2-3-5-19(18)24-20(22)23/h2-9,17H,10-14H2,1H3. The first-order chi connectivity index (χ1) is 11.7. The molecule has 0 N–H and O–H groups in total. The summed E-state index contributed by atoms with van der Waals surface area (Å²) in [6.07, 6.45) is 2.51. The Balaban J connectivity index is 1.50. The zero-order chi connectivity index (χ0) is 16.5. The largest absolute Gasteiger partial charge is 0.419 e. The van der Waals surface area contributed by atoms with Crippen molar-refractivity contribution in [1.29, 1.82) is 0 Å². The summed E-state index contributed by atoms with van der Waals surface area (Å²) in [5, 5.41) is 0. The smallest absolute Gasteiger partial charge is 0.408 e. The van der Waals surface area contributed by atoms with Crippen LogP contribution < -0.4 is 5.76 Å². The molecule has 3 aromatic rings. The van der Waals surface area contributed by atoms with E-state index in [1.54, 1.807) is 4.57 Å². The molecule has 24 heavy (non-hydrogen) atoms. The highest BCUT2D eigenvalue weighted by molar-refractivity contribution is 5.72. The van der Waals surface area contributed by atoms with Crippen molar-refractivity contribution in [2.24, 2.45) is 0 Å². The van der Waals surface area contributed by atoms with Crippen molar-refractivity contribution in [2.45, 2.75) is 38.9 Å². The zero-order valence-electron chi connectivity index (χ0n) is 13.9. The van der Waals surface area contributed by atoms with E-state index in [0.717, 1.165) is 18.6 Å². The van der Waals surface area contributed by atoms with Gasteiger partial charge in [0, 0.05) is 25.7 Å². The van der Waals surface area contributed by atoms with Crippen molar-refractivity contribution in [2.75, 3.05) is 6.54 Å². The molecule has 0 unspecified atom stereocenters. The van der Waals surface area contributed by atoms with Gasteiger partial charge in [-0.15, -0.1) is 0 Å². The van der Waals surface area contributed by atoms with Gasteiger partial charge in [0.15, 0.2) is 5.58 Å². The summed E-state index contributed by atoms with van der Waals surface area (Å²) in [5.41, 5.74) is 4.16. The van der Waals surface area contributed by atoms with Crippen molar-refractivity contribution < 1.29 is 4.42 Å². The van der Waals surface area contributed by atoms with Gasteiger partial charge in [0.2, 0.25) is 0 Å². The maximum absolute atomic E-state index is 12.1. The predicted molar refractivity (Wildman–Crippen MR) is 95.1 cm³/mol. The van der Waals surface area contributed by atoms with E-state index in [9.17, 15) is 4.79 Å². The number of fused-ring (bicyclic) bond motifs is 1. The van der Waals surface area contributed by atoms with Crippen LogP contribution in [0.5, 0.6) is 0 Å². The average molecular weight is 322 g/mol. The van der Waals surface area contributed by atoms with Crippen LogP contribution in [0.15, 0.2) is 57.7 Å². The molecule has 0 spiro atoms. The van der Waals surface area contributed by atoms with Crippen molar-refractivity contribution in [3.05, 3.63) is 70.2 Å². The maximum Gasteiger partial charge on any atom is 0.419 e. The summed E-state index contributed by atoms with van der Waals surface area (Å²) in [6, 6.07) is 17.0. The summed E-state index contributed by atoms with van der Waals surface area (Å²) < 4.78 is 7.08. The Labute approximate surface area is 141 Å². The van der Waals surface area contributed by atoms with Crippen LogP contribution in [-0.2, 0) is 13.1 Å². The molecule has 0 aliphatic heterocycles. The number of benzene rings is 2. The minimum Gasteiger partial charge on any atom is -0.408 e. The van der Waals surface area contributed by atoms with E-state index in [-0.39, 0.29) is 5.76 Å². The summed E-state index contributed by atoms with van der Waals surface area (Å²) in [4.78, 5) is 14.6. The molecule has 0 bridgehead atoms. The Morgan fingerprint density at radius 1 is 1.12 bits per heavy atom. The Kier molecular flexibility index (Phi) is 3.98. The van der Waals surface area contributed by atoms with Gasteiger partial charge in [-0.3, -0.25) is 9.47 Å². The number of rotatable bonds is 6. The number of aromatic nitrogens is 1. The first kappa shape index (κ1) is 15.2. The number of hydrogen-bond acceptors (Lipinski definition) is 3. The number of nitrogens with zero attached hydrogens (tertiary/aromatic N) is 2. The van der Waals surface area contributed by atoms with Crippen molar-refractivity contribution in [1.82, 2.24) is 9.47 Å². The van der Waals surface area contributed by atoms with Gasteiger partial charge in [0.1, 0.15) is 0 Å². The van der Waals surface area contributed by atoms with Crippen molar-refractivity contribution in [3.63, 3.8) is 0 Å². The maximum atomic E-state index is 12.1. The number of para-hydroxylation sites is 2. The van der Waals surface area contributed by atoms with Crippen LogP contribution in [0, 0.1) is 6.92 Å². The average Bonchev–Trinajstić information content (AvgIpc) is 3.37. The molecule has 1 heterocycles. The second-order valence-corrected chi connectivity index (χ2v) is 6.67. The molecule has 4 rings (SSSR count). The number of aryl methyl sites for hydroxylation is 1. The molecule has 4 heteroatoms. The van der Waals surface area contributed by atoms with Crippen LogP contribution in [0.4, 0.5) is 0 Å². The monoisotopic (exact) mass is 322 g/mol. The third-order valence-electron chi connectivity index (χ3n) is 4.75. The van der Waals surface area contributed by atoms with Crippen molar-refractivity contribution in [3.8, 4) is 0 Å². The van der Waals surface area contributed by atoms with E-state index in [2.05, 4.69) is 36.1 Å². The highest BCUT2D eigenvalue weighted by Gasteiger charge is 2.28. The predicted octanol–water partition coefficient (Wildman–Crippen LogP) is 3.57. The summed E-state index contributed by atoms with van der Waals surface area (Å²) in [7, 11) is 0. The molecule has 1 saturated carbocycles. The molecule has 1 aromatic heterocycles. The highest BCUT2D eigenvalue weighted by Crippen LogP contribution is 2.28. The van der Waals surface area contributed by atoms with E-state index >= 15 is 0 Å². The second kappa shape index (κ2) is 6.29. The van der Waals surface area contributed by atoms with E-state index < -0.39 is 0 Å². The molecule has 4 nitrogen and oxygen atoms in total. The molecule has 124 valence electrons. The van der Waals surface area contributed by atoms with Crippen molar-refractivity contribution >= 4 is 11.1 Å². The molecule has 1 aliphatic carbocycles.